The fraction of sp³-hybridized carbons (Fsp3) is 0.400. The molecule has 0 spiro atoms. The second-order valence-corrected chi connectivity index (χ2v) is 4.55. The lowest BCUT2D eigenvalue weighted by atomic mass is 10.2. The van der Waals surface area contributed by atoms with Crippen LogP contribution >= 0.6 is 11.5 Å². The summed E-state index contributed by atoms with van der Waals surface area (Å²) in [6.07, 6.45) is 3.16. The number of hydrogen-bond donors (Lipinski definition) is 2. The molecule has 0 aliphatic rings. The molecule has 0 aromatic carbocycles. The van der Waals surface area contributed by atoms with E-state index in [4.69, 9.17) is 4.74 Å². The molecule has 102 valence electrons. The van der Waals surface area contributed by atoms with Crippen LogP contribution in [0.3, 0.4) is 0 Å². The molecule has 2 N–H and O–H groups in total. The second kappa shape index (κ2) is 6.25. The van der Waals surface area contributed by atoms with Crippen LogP contribution in [0.15, 0.2) is 18.5 Å². The molecule has 2 heterocycles. The van der Waals surface area contributed by atoms with Crippen molar-refractivity contribution in [1.82, 2.24) is 24.7 Å². The number of hydrogen-bond acceptors (Lipinski definition) is 6. The summed E-state index contributed by atoms with van der Waals surface area (Å²) in [5.74, 6) is 0. The van der Waals surface area contributed by atoms with Crippen molar-refractivity contribution in [1.29, 1.82) is 0 Å². The minimum atomic E-state index is -0.339. The molecule has 0 saturated carbocycles. The van der Waals surface area contributed by atoms with Gasteiger partial charge in [0.2, 0.25) is 0 Å². The van der Waals surface area contributed by atoms with Crippen molar-refractivity contribution in [3.05, 3.63) is 24.2 Å². The first-order valence-corrected chi connectivity index (χ1v) is 6.29. The molecule has 2 aromatic heterocycles. The summed E-state index contributed by atoms with van der Waals surface area (Å²) in [4.78, 5) is 11.8. The number of nitrogens with zero attached hydrogens (tertiary/aromatic N) is 4. The van der Waals surface area contributed by atoms with Crippen molar-refractivity contribution in [2.45, 2.75) is 6.04 Å². The van der Waals surface area contributed by atoms with E-state index in [1.165, 1.54) is 6.20 Å². The number of urea groups is 1. The zero-order valence-corrected chi connectivity index (χ0v) is 11.3. The van der Waals surface area contributed by atoms with Crippen molar-refractivity contribution in [2.24, 2.45) is 7.05 Å². The Balaban J connectivity index is 2.01. The predicted molar refractivity (Wildman–Crippen MR) is 69.9 cm³/mol. The molecule has 2 amide bonds. The van der Waals surface area contributed by atoms with Gasteiger partial charge in [0.1, 0.15) is 5.00 Å². The number of anilines is 1. The SMILES string of the molecule is COC[C@@H](NC(=O)Nc1cnns1)c1ccnn1C. The summed E-state index contributed by atoms with van der Waals surface area (Å²) in [6.45, 7) is 0.355. The molecule has 9 heteroatoms. The maximum absolute atomic E-state index is 11.8. The molecule has 0 saturated heterocycles. The highest BCUT2D eigenvalue weighted by atomic mass is 32.1. The van der Waals surface area contributed by atoms with Crippen LogP contribution in [0.5, 0.6) is 0 Å². The number of rotatable bonds is 5. The number of carbonyl (C=O) groups excluding carboxylic acids is 1. The first kappa shape index (κ1) is 13.4. The number of amides is 2. The highest BCUT2D eigenvalue weighted by Crippen LogP contribution is 2.13. The average Bonchev–Trinajstić information content (AvgIpc) is 3.00. The third-order valence-electron chi connectivity index (χ3n) is 2.45. The van der Waals surface area contributed by atoms with E-state index >= 15 is 0 Å². The zero-order chi connectivity index (χ0) is 13.7. The topological polar surface area (TPSA) is 94.0 Å². The number of nitrogens with one attached hydrogen (secondary N) is 2. The fourth-order valence-electron chi connectivity index (χ4n) is 1.62. The number of ether oxygens (including phenoxy) is 1. The van der Waals surface area contributed by atoms with E-state index in [2.05, 4.69) is 25.3 Å². The molecule has 0 fully saturated rings. The molecular weight excluding hydrogens is 268 g/mol. The molecule has 1 atom stereocenters. The van der Waals surface area contributed by atoms with E-state index in [0.29, 0.717) is 11.6 Å². The van der Waals surface area contributed by atoms with Gasteiger partial charge in [0.05, 0.1) is 24.5 Å². The molecule has 0 bridgehead atoms. The molecule has 0 aliphatic carbocycles. The van der Waals surface area contributed by atoms with Crippen LogP contribution in [0, 0.1) is 0 Å². The highest BCUT2D eigenvalue weighted by molar-refractivity contribution is 7.10. The monoisotopic (exact) mass is 282 g/mol. The fourth-order valence-corrected chi connectivity index (χ4v) is 2.04. The largest absolute Gasteiger partial charge is 0.382 e. The van der Waals surface area contributed by atoms with E-state index in [-0.39, 0.29) is 12.1 Å². The van der Waals surface area contributed by atoms with Crippen molar-refractivity contribution < 1.29 is 9.53 Å². The lowest BCUT2D eigenvalue weighted by Crippen LogP contribution is -2.35. The summed E-state index contributed by atoms with van der Waals surface area (Å²) in [7, 11) is 3.39. The Morgan fingerprint density at radius 3 is 3.05 bits per heavy atom. The number of aryl methyl sites for hydroxylation is 1. The quantitative estimate of drug-likeness (QED) is 0.845. The Kier molecular flexibility index (Phi) is 4.42. The van der Waals surface area contributed by atoms with Gasteiger partial charge < -0.3 is 10.1 Å². The van der Waals surface area contributed by atoms with Gasteiger partial charge in [-0.15, -0.1) is 5.10 Å². The second-order valence-electron chi connectivity index (χ2n) is 3.77. The lowest BCUT2D eigenvalue weighted by Gasteiger charge is -2.18. The smallest absolute Gasteiger partial charge is 0.320 e. The Labute approximate surface area is 113 Å². The number of aromatic nitrogens is 4. The average molecular weight is 282 g/mol. The van der Waals surface area contributed by atoms with E-state index in [9.17, 15) is 4.79 Å². The Bertz CT molecular complexity index is 526. The van der Waals surface area contributed by atoms with Crippen molar-refractivity contribution >= 4 is 22.6 Å². The van der Waals surface area contributed by atoms with E-state index < -0.39 is 0 Å². The first-order valence-electron chi connectivity index (χ1n) is 5.52. The molecule has 2 rings (SSSR count). The molecule has 0 radical (unpaired) electrons. The normalized spacial score (nSPS) is 12.1. The van der Waals surface area contributed by atoms with Crippen LogP contribution in [0.4, 0.5) is 9.80 Å². The van der Waals surface area contributed by atoms with Crippen LogP contribution in [-0.2, 0) is 11.8 Å². The third-order valence-corrected chi connectivity index (χ3v) is 3.03. The van der Waals surface area contributed by atoms with E-state index in [1.807, 2.05) is 13.1 Å². The molecule has 8 nitrogen and oxygen atoms in total. The summed E-state index contributed by atoms with van der Waals surface area (Å²) in [5.41, 5.74) is 0.861. The molecule has 0 aliphatic heterocycles. The van der Waals surface area contributed by atoms with Crippen molar-refractivity contribution in [3.63, 3.8) is 0 Å². The van der Waals surface area contributed by atoms with Gasteiger partial charge >= 0.3 is 6.03 Å². The van der Waals surface area contributed by atoms with Crippen molar-refractivity contribution in [3.8, 4) is 0 Å². The summed E-state index contributed by atoms with van der Waals surface area (Å²) in [5, 5.41) is 13.8. The Hall–Kier alpha value is -2.00. The Morgan fingerprint density at radius 2 is 2.47 bits per heavy atom. The number of methoxy groups -OCH3 is 1. The van der Waals surface area contributed by atoms with Gasteiger partial charge in [-0.2, -0.15) is 5.10 Å². The molecule has 19 heavy (non-hydrogen) atoms. The van der Waals surface area contributed by atoms with Gasteiger partial charge in [0.15, 0.2) is 0 Å². The Morgan fingerprint density at radius 1 is 1.63 bits per heavy atom. The maximum atomic E-state index is 11.8. The summed E-state index contributed by atoms with van der Waals surface area (Å²) >= 11 is 1.11. The maximum Gasteiger partial charge on any atom is 0.320 e. The van der Waals surface area contributed by atoms with Crippen LogP contribution in [-0.4, -0.2) is 39.1 Å². The van der Waals surface area contributed by atoms with Gasteiger partial charge in [-0.25, -0.2) is 4.79 Å². The number of carbonyl (C=O) groups is 1. The first-order chi connectivity index (χ1) is 9.20. The highest BCUT2D eigenvalue weighted by Gasteiger charge is 2.17. The van der Waals surface area contributed by atoms with Gasteiger partial charge in [0.25, 0.3) is 0 Å². The van der Waals surface area contributed by atoms with Crippen LogP contribution in [0.1, 0.15) is 11.7 Å². The van der Waals surface area contributed by atoms with Gasteiger partial charge in [-0.05, 0) is 6.07 Å². The van der Waals surface area contributed by atoms with E-state index in [1.54, 1.807) is 18.0 Å². The van der Waals surface area contributed by atoms with Crippen molar-refractivity contribution in [2.75, 3.05) is 19.0 Å². The summed E-state index contributed by atoms with van der Waals surface area (Å²) in [6, 6.07) is 1.21. The molecular formula is C10H14N6O2S. The van der Waals surface area contributed by atoms with Crippen LogP contribution < -0.4 is 10.6 Å². The standard InChI is InChI=1S/C10H14N6O2S/c1-16-8(3-4-12-16)7(6-18-2)13-10(17)14-9-5-11-15-19-9/h3-5,7H,6H2,1-2H3,(H2,13,14,17)/t7-/m1/s1. The zero-order valence-electron chi connectivity index (χ0n) is 10.5. The molecule has 2 aromatic rings. The van der Waals surface area contributed by atoms with Gasteiger partial charge in [-0.1, -0.05) is 4.49 Å². The minimum absolute atomic E-state index is 0.279. The third kappa shape index (κ3) is 3.48. The summed E-state index contributed by atoms with van der Waals surface area (Å²) < 4.78 is 10.5. The van der Waals surface area contributed by atoms with Gasteiger partial charge in [-0.3, -0.25) is 10.00 Å². The van der Waals surface area contributed by atoms with Crippen LogP contribution in [0.25, 0.3) is 0 Å². The minimum Gasteiger partial charge on any atom is -0.382 e. The lowest BCUT2D eigenvalue weighted by molar-refractivity contribution is 0.165. The van der Waals surface area contributed by atoms with Crippen LogP contribution in [0.2, 0.25) is 0 Å². The van der Waals surface area contributed by atoms with E-state index in [0.717, 1.165) is 17.2 Å². The predicted octanol–water partition coefficient (Wildman–Crippen LogP) is 0.781. The van der Waals surface area contributed by atoms with Gasteiger partial charge in [0, 0.05) is 31.9 Å². The molecule has 0 unspecified atom stereocenters.